The largest absolute Gasteiger partial charge is 0.355 e. The molecule has 0 saturated carbocycles. The summed E-state index contributed by atoms with van der Waals surface area (Å²) in [5, 5.41) is 15.0. The SMILES string of the molecule is CCCNC(=O)CSc1nnc(Sc2ncnc3sccc23)s1. The lowest BCUT2D eigenvalue weighted by Gasteiger charge is -2.00. The van der Waals surface area contributed by atoms with Gasteiger partial charge in [-0.3, -0.25) is 4.79 Å². The predicted octanol–water partition coefficient (Wildman–Crippen LogP) is 3.31. The van der Waals surface area contributed by atoms with Crippen molar-refractivity contribution in [3.63, 3.8) is 0 Å². The van der Waals surface area contributed by atoms with Gasteiger partial charge in [0.05, 0.1) is 5.75 Å². The van der Waals surface area contributed by atoms with Gasteiger partial charge in [0.15, 0.2) is 8.68 Å². The minimum atomic E-state index is 0.0250. The Balaban J connectivity index is 1.61. The first kappa shape index (κ1) is 16.6. The van der Waals surface area contributed by atoms with Gasteiger partial charge in [0.25, 0.3) is 0 Å². The van der Waals surface area contributed by atoms with Gasteiger partial charge in [-0.15, -0.1) is 21.5 Å². The second kappa shape index (κ2) is 8.04. The maximum absolute atomic E-state index is 11.6. The minimum absolute atomic E-state index is 0.0250. The molecule has 0 fully saturated rings. The van der Waals surface area contributed by atoms with E-state index in [-0.39, 0.29) is 5.91 Å². The van der Waals surface area contributed by atoms with Crippen molar-refractivity contribution in [2.24, 2.45) is 0 Å². The number of aromatic nitrogens is 4. The Kier molecular flexibility index (Phi) is 5.81. The van der Waals surface area contributed by atoms with Gasteiger partial charge in [-0.1, -0.05) is 30.0 Å². The van der Waals surface area contributed by atoms with Gasteiger partial charge in [-0.25, -0.2) is 9.97 Å². The van der Waals surface area contributed by atoms with Crippen LogP contribution in [0, 0.1) is 0 Å². The van der Waals surface area contributed by atoms with E-state index in [9.17, 15) is 4.79 Å². The number of carbonyl (C=O) groups excluding carboxylic acids is 1. The maximum Gasteiger partial charge on any atom is 0.230 e. The van der Waals surface area contributed by atoms with Crippen molar-refractivity contribution in [1.29, 1.82) is 0 Å². The number of rotatable bonds is 7. The molecule has 3 aromatic heterocycles. The lowest BCUT2D eigenvalue weighted by molar-refractivity contribution is -0.118. The Morgan fingerprint density at radius 3 is 3.04 bits per heavy atom. The van der Waals surface area contributed by atoms with E-state index < -0.39 is 0 Å². The fourth-order valence-electron chi connectivity index (χ4n) is 1.67. The standard InChI is InChI=1S/C13H13N5OS4/c1-2-4-14-9(19)6-21-12-17-18-13(23-12)22-11-8-3-5-20-10(8)15-7-16-11/h3,5,7H,2,4,6H2,1H3,(H,14,19). The third-order valence-electron chi connectivity index (χ3n) is 2.70. The van der Waals surface area contributed by atoms with Crippen LogP contribution in [0.3, 0.4) is 0 Å². The van der Waals surface area contributed by atoms with E-state index >= 15 is 0 Å². The summed E-state index contributed by atoms with van der Waals surface area (Å²) in [7, 11) is 0. The summed E-state index contributed by atoms with van der Waals surface area (Å²) in [6, 6.07) is 2.01. The Morgan fingerprint density at radius 1 is 1.30 bits per heavy atom. The van der Waals surface area contributed by atoms with Gasteiger partial charge in [-0.2, -0.15) is 0 Å². The molecule has 0 aliphatic carbocycles. The summed E-state index contributed by atoms with van der Waals surface area (Å²) in [6.07, 6.45) is 2.50. The maximum atomic E-state index is 11.6. The van der Waals surface area contributed by atoms with Crippen molar-refractivity contribution in [3.05, 3.63) is 17.8 Å². The first-order valence-electron chi connectivity index (χ1n) is 6.85. The summed E-state index contributed by atoms with van der Waals surface area (Å²) in [5.41, 5.74) is 0. The summed E-state index contributed by atoms with van der Waals surface area (Å²) in [5.74, 6) is 0.388. The smallest absolute Gasteiger partial charge is 0.230 e. The molecule has 0 spiro atoms. The zero-order valence-corrected chi connectivity index (χ0v) is 15.4. The zero-order valence-electron chi connectivity index (χ0n) is 12.2. The minimum Gasteiger partial charge on any atom is -0.355 e. The topological polar surface area (TPSA) is 80.7 Å². The highest BCUT2D eigenvalue weighted by atomic mass is 32.2. The summed E-state index contributed by atoms with van der Waals surface area (Å²) in [6.45, 7) is 2.74. The van der Waals surface area contributed by atoms with Crippen LogP contribution >= 0.6 is 46.2 Å². The molecule has 120 valence electrons. The molecule has 0 aromatic carbocycles. The van der Waals surface area contributed by atoms with Crippen LogP contribution in [0.4, 0.5) is 0 Å². The molecule has 0 unspecified atom stereocenters. The van der Waals surface area contributed by atoms with Crippen molar-refractivity contribution in [2.45, 2.75) is 27.0 Å². The van der Waals surface area contributed by atoms with Crippen LogP contribution in [0.2, 0.25) is 0 Å². The van der Waals surface area contributed by atoms with Gasteiger partial charge in [0.1, 0.15) is 16.2 Å². The van der Waals surface area contributed by atoms with E-state index in [0.717, 1.165) is 30.3 Å². The van der Waals surface area contributed by atoms with Crippen molar-refractivity contribution in [2.75, 3.05) is 12.3 Å². The Morgan fingerprint density at radius 2 is 2.17 bits per heavy atom. The van der Waals surface area contributed by atoms with E-state index in [4.69, 9.17) is 0 Å². The second-order valence-electron chi connectivity index (χ2n) is 4.39. The molecule has 6 nitrogen and oxygen atoms in total. The van der Waals surface area contributed by atoms with Crippen LogP contribution < -0.4 is 5.32 Å². The molecule has 0 saturated heterocycles. The molecule has 0 aliphatic rings. The normalized spacial score (nSPS) is 11.0. The fourth-order valence-corrected chi connectivity index (χ4v) is 5.31. The molecule has 0 bridgehead atoms. The number of hydrogen-bond acceptors (Lipinski definition) is 9. The first-order valence-corrected chi connectivity index (χ1v) is 10.3. The van der Waals surface area contributed by atoms with Gasteiger partial charge in [0, 0.05) is 11.9 Å². The highest BCUT2D eigenvalue weighted by Gasteiger charge is 2.12. The Labute approximate surface area is 149 Å². The predicted molar refractivity (Wildman–Crippen MR) is 95.5 cm³/mol. The highest BCUT2D eigenvalue weighted by Crippen LogP contribution is 2.36. The second-order valence-corrected chi connectivity index (χ2v) is 8.72. The molecule has 0 aliphatic heterocycles. The summed E-state index contributed by atoms with van der Waals surface area (Å²) in [4.78, 5) is 21.1. The van der Waals surface area contributed by atoms with Gasteiger partial charge >= 0.3 is 0 Å². The monoisotopic (exact) mass is 383 g/mol. The molecule has 1 N–H and O–H groups in total. The van der Waals surface area contributed by atoms with E-state index in [1.165, 1.54) is 34.9 Å². The van der Waals surface area contributed by atoms with E-state index in [0.29, 0.717) is 12.3 Å². The number of carbonyl (C=O) groups is 1. The molecule has 3 heterocycles. The van der Waals surface area contributed by atoms with Crippen molar-refractivity contribution < 1.29 is 4.79 Å². The number of nitrogens with zero attached hydrogens (tertiary/aromatic N) is 4. The van der Waals surface area contributed by atoms with Gasteiger partial charge in [-0.05, 0) is 29.6 Å². The Hall–Kier alpha value is -1.23. The summed E-state index contributed by atoms with van der Waals surface area (Å²) >= 11 is 5.94. The van der Waals surface area contributed by atoms with E-state index in [1.807, 2.05) is 18.4 Å². The highest BCUT2D eigenvalue weighted by molar-refractivity contribution is 8.03. The van der Waals surface area contributed by atoms with Gasteiger partial charge < -0.3 is 5.32 Å². The third kappa shape index (κ3) is 4.40. The first-order chi connectivity index (χ1) is 11.3. The molecular formula is C13H13N5OS4. The average molecular weight is 384 g/mol. The molecule has 3 rings (SSSR count). The van der Waals surface area contributed by atoms with Crippen LogP contribution in [0.1, 0.15) is 13.3 Å². The molecule has 0 atom stereocenters. The molecule has 0 radical (unpaired) electrons. The number of fused-ring (bicyclic) bond motifs is 1. The van der Waals surface area contributed by atoms with Crippen LogP contribution in [0.25, 0.3) is 10.2 Å². The van der Waals surface area contributed by atoms with Crippen LogP contribution in [0.15, 0.2) is 31.5 Å². The molecule has 1 amide bonds. The lowest BCUT2D eigenvalue weighted by atomic mass is 10.4. The average Bonchev–Trinajstić information content (AvgIpc) is 3.20. The molecular weight excluding hydrogens is 370 g/mol. The summed E-state index contributed by atoms with van der Waals surface area (Å²) < 4.78 is 1.60. The number of nitrogens with one attached hydrogen (secondary N) is 1. The van der Waals surface area contributed by atoms with Crippen molar-refractivity contribution >= 4 is 62.3 Å². The molecule has 3 aromatic rings. The molecule has 23 heavy (non-hydrogen) atoms. The van der Waals surface area contributed by atoms with Crippen molar-refractivity contribution in [3.8, 4) is 0 Å². The van der Waals surface area contributed by atoms with Crippen LogP contribution in [0.5, 0.6) is 0 Å². The number of thioether (sulfide) groups is 1. The number of amides is 1. The number of hydrogen-bond donors (Lipinski definition) is 1. The zero-order chi connectivity index (χ0) is 16.1. The van der Waals surface area contributed by atoms with Crippen LogP contribution in [-0.2, 0) is 4.79 Å². The lowest BCUT2D eigenvalue weighted by Crippen LogP contribution is -2.25. The molecule has 10 heteroatoms. The Bertz CT molecular complexity index is 802. The fraction of sp³-hybridized carbons (Fsp3) is 0.308. The quantitative estimate of drug-likeness (QED) is 0.495. The third-order valence-corrected chi connectivity index (χ3v) is 6.64. The van der Waals surface area contributed by atoms with E-state index in [1.54, 1.807) is 17.7 Å². The van der Waals surface area contributed by atoms with Crippen LogP contribution in [-0.4, -0.2) is 38.4 Å². The van der Waals surface area contributed by atoms with Gasteiger partial charge in [0.2, 0.25) is 5.91 Å². The van der Waals surface area contributed by atoms with E-state index in [2.05, 4.69) is 25.5 Å². The number of thiophene rings is 1. The van der Waals surface area contributed by atoms with Crippen molar-refractivity contribution in [1.82, 2.24) is 25.5 Å².